The summed E-state index contributed by atoms with van der Waals surface area (Å²) in [7, 11) is 1.94. The second-order valence-corrected chi connectivity index (χ2v) is 6.59. The van der Waals surface area contributed by atoms with E-state index in [4.69, 9.17) is 9.26 Å². The molecule has 19 heavy (non-hydrogen) atoms. The number of likely N-dealkylation sites (N-methyl/N-ethyl adjacent to an activating group) is 1. The van der Waals surface area contributed by atoms with Gasteiger partial charge in [0, 0.05) is 11.3 Å². The third-order valence-electron chi connectivity index (χ3n) is 4.00. The van der Waals surface area contributed by atoms with Gasteiger partial charge in [0.25, 0.3) is 0 Å². The molecule has 1 N–H and O–H groups in total. The fourth-order valence-corrected chi connectivity index (χ4v) is 3.98. The van der Waals surface area contributed by atoms with Crippen LogP contribution in [-0.4, -0.2) is 41.7 Å². The molecule has 5 nitrogen and oxygen atoms in total. The van der Waals surface area contributed by atoms with Crippen LogP contribution in [0.2, 0.25) is 0 Å². The number of nitrogens with zero attached hydrogens (tertiary/aromatic N) is 2. The summed E-state index contributed by atoms with van der Waals surface area (Å²) in [5, 5.41) is 8.13. The second kappa shape index (κ2) is 6.24. The fraction of sp³-hybridized carbons (Fsp3) is 0.846. The van der Waals surface area contributed by atoms with Gasteiger partial charge in [0.2, 0.25) is 5.89 Å². The maximum Gasteiger partial charge on any atom is 0.233 e. The van der Waals surface area contributed by atoms with Gasteiger partial charge in [-0.05, 0) is 19.9 Å². The Morgan fingerprint density at radius 3 is 2.95 bits per heavy atom. The van der Waals surface area contributed by atoms with Crippen LogP contribution >= 0.6 is 11.8 Å². The Morgan fingerprint density at radius 1 is 1.32 bits per heavy atom. The van der Waals surface area contributed by atoms with Gasteiger partial charge in [0.1, 0.15) is 0 Å². The van der Waals surface area contributed by atoms with Crippen molar-refractivity contribution in [2.75, 3.05) is 20.3 Å². The van der Waals surface area contributed by atoms with Gasteiger partial charge in [-0.1, -0.05) is 18.0 Å². The predicted octanol–water partition coefficient (Wildman–Crippen LogP) is 1.95. The summed E-state index contributed by atoms with van der Waals surface area (Å²) in [5.41, 5.74) is 0. The summed E-state index contributed by atoms with van der Waals surface area (Å²) in [6, 6.07) is 0.288. The normalized spacial score (nSPS) is 28.3. The number of hydrogen-bond donors (Lipinski definition) is 1. The molecule has 1 aromatic rings. The molecule has 2 heterocycles. The van der Waals surface area contributed by atoms with E-state index in [1.54, 1.807) is 0 Å². The number of aromatic nitrogens is 2. The predicted molar refractivity (Wildman–Crippen MR) is 74.3 cm³/mol. The molecule has 2 aliphatic rings. The van der Waals surface area contributed by atoms with Gasteiger partial charge < -0.3 is 14.6 Å². The van der Waals surface area contributed by atoms with Gasteiger partial charge in [-0.15, -0.1) is 0 Å². The molecule has 6 heteroatoms. The van der Waals surface area contributed by atoms with Crippen LogP contribution in [0, 0.1) is 0 Å². The zero-order valence-corrected chi connectivity index (χ0v) is 12.1. The molecule has 0 aromatic carbocycles. The Balaban J connectivity index is 1.56. The van der Waals surface area contributed by atoms with E-state index in [1.807, 2.05) is 18.8 Å². The van der Waals surface area contributed by atoms with Crippen molar-refractivity contribution < 1.29 is 9.26 Å². The first-order valence-electron chi connectivity index (χ1n) is 7.06. The highest BCUT2D eigenvalue weighted by molar-refractivity contribution is 7.99. The number of ether oxygens (including phenoxy) is 1. The molecule has 2 atom stereocenters. The van der Waals surface area contributed by atoms with Crippen LogP contribution in [0.3, 0.4) is 0 Å². The van der Waals surface area contributed by atoms with E-state index in [2.05, 4.69) is 15.5 Å². The van der Waals surface area contributed by atoms with E-state index >= 15 is 0 Å². The van der Waals surface area contributed by atoms with Gasteiger partial charge in [-0.2, -0.15) is 16.7 Å². The van der Waals surface area contributed by atoms with Gasteiger partial charge >= 0.3 is 0 Å². The van der Waals surface area contributed by atoms with E-state index in [0.717, 1.165) is 29.3 Å². The van der Waals surface area contributed by atoms with Crippen molar-refractivity contribution >= 4 is 11.8 Å². The molecule has 0 spiro atoms. The number of hydrogen-bond acceptors (Lipinski definition) is 6. The molecule has 2 unspecified atom stereocenters. The van der Waals surface area contributed by atoms with Crippen LogP contribution in [0.1, 0.15) is 43.3 Å². The quantitative estimate of drug-likeness (QED) is 0.891. The molecular weight excluding hydrogens is 262 g/mol. The molecule has 1 aliphatic carbocycles. The molecule has 2 fully saturated rings. The van der Waals surface area contributed by atoms with E-state index in [1.165, 1.54) is 25.7 Å². The van der Waals surface area contributed by atoms with Crippen LogP contribution in [0.5, 0.6) is 0 Å². The highest BCUT2D eigenvalue weighted by Crippen LogP contribution is 2.31. The van der Waals surface area contributed by atoms with Crippen LogP contribution < -0.4 is 5.32 Å². The smallest absolute Gasteiger partial charge is 0.233 e. The largest absolute Gasteiger partial charge is 0.379 e. The average molecular weight is 283 g/mol. The maximum atomic E-state index is 5.47. The lowest BCUT2D eigenvalue weighted by Crippen LogP contribution is -2.31. The van der Waals surface area contributed by atoms with Crippen molar-refractivity contribution in [3.63, 3.8) is 0 Å². The summed E-state index contributed by atoms with van der Waals surface area (Å²) in [5.74, 6) is 2.61. The average Bonchev–Trinajstić information content (AvgIpc) is 3.16. The summed E-state index contributed by atoms with van der Waals surface area (Å²) in [6.07, 6.45) is 5.43. The van der Waals surface area contributed by atoms with E-state index in [9.17, 15) is 0 Å². The Morgan fingerprint density at radius 2 is 2.16 bits per heavy atom. The molecule has 3 rings (SSSR count). The summed E-state index contributed by atoms with van der Waals surface area (Å²) < 4.78 is 10.9. The number of thioether (sulfide) groups is 1. The molecule has 1 saturated heterocycles. The van der Waals surface area contributed by atoms with Crippen LogP contribution in [0.25, 0.3) is 0 Å². The van der Waals surface area contributed by atoms with E-state index in [-0.39, 0.29) is 12.0 Å². The fourth-order valence-electron chi connectivity index (χ4n) is 2.81. The third kappa shape index (κ3) is 3.12. The van der Waals surface area contributed by atoms with Gasteiger partial charge in [-0.25, -0.2) is 0 Å². The number of nitrogens with one attached hydrogen (secondary N) is 1. The maximum absolute atomic E-state index is 5.47. The lowest BCUT2D eigenvalue weighted by atomic mass is 10.0. The minimum atomic E-state index is 0.197. The van der Waals surface area contributed by atoms with Gasteiger partial charge in [0.05, 0.1) is 24.9 Å². The first kappa shape index (κ1) is 13.4. The lowest BCUT2D eigenvalue weighted by molar-refractivity contribution is 0.185. The van der Waals surface area contributed by atoms with E-state index < -0.39 is 0 Å². The summed E-state index contributed by atoms with van der Waals surface area (Å²) in [6.45, 7) is 1.39. The van der Waals surface area contributed by atoms with Crippen molar-refractivity contribution in [2.24, 2.45) is 0 Å². The highest BCUT2D eigenvalue weighted by Gasteiger charge is 2.33. The van der Waals surface area contributed by atoms with Crippen molar-refractivity contribution in [3.8, 4) is 0 Å². The highest BCUT2D eigenvalue weighted by atomic mass is 32.2. The lowest BCUT2D eigenvalue weighted by Gasteiger charge is -2.11. The molecule has 106 valence electrons. The molecule has 0 radical (unpaired) electrons. The second-order valence-electron chi connectivity index (χ2n) is 5.31. The molecular formula is C13H21N3O2S. The standard InChI is InChI=1S/C13H21N3O2S/c1-14-11-7-17-6-10(11)13-15-12(16-18-13)8-19-9-4-2-3-5-9/h9-11,14H,2-8H2,1H3. The molecule has 1 aromatic heterocycles. The molecule has 0 amide bonds. The third-order valence-corrected chi connectivity index (χ3v) is 5.37. The van der Waals surface area contributed by atoms with Crippen LogP contribution in [0.4, 0.5) is 0 Å². The van der Waals surface area contributed by atoms with Crippen molar-refractivity contribution in [1.82, 2.24) is 15.5 Å². The Labute approximate surface area is 117 Å². The first-order chi connectivity index (χ1) is 9.36. The minimum Gasteiger partial charge on any atom is -0.379 e. The van der Waals surface area contributed by atoms with E-state index in [0.29, 0.717) is 6.61 Å². The Hall–Kier alpha value is -0.590. The monoisotopic (exact) mass is 283 g/mol. The van der Waals surface area contributed by atoms with Crippen LogP contribution in [0.15, 0.2) is 4.52 Å². The molecule has 1 saturated carbocycles. The van der Waals surface area contributed by atoms with Crippen molar-refractivity contribution in [1.29, 1.82) is 0 Å². The zero-order valence-electron chi connectivity index (χ0n) is 11.3. The number of rotatable bonds is 5. The summed E-state index contributed by atoms with van der Waals surface area (Å²) in [4.78, 5) is 4.53. The van der Waals surface area contributed by atoms with Gasteiger partial charge in [0.15, 0.2) is 5.82 Å². The summed E-state index contributed by atoms with van der Waals surface area (Å²) >= 11 is 1.97. The molecule has 1 aliphatic heterocycles. The SMILES string of the molecule is CNC1COCC1c1nc(CSC2CCCC2)no1. The Kier molecular flexibility index (Phi) is 4.40. The van der Waals surface area contributed by atoms with Crippen molar-refractivity contribution in [3.05, 3.63) is 11.7 Å². The van der Waals surface area contributed by atoms with Crippen LogP contribution in [-0.2, 0) is 10.5 Å². The first-order valence-corrected chi connectivity index (χ1v) is 8.11. The Bertz CT molecular complexity index is 406. The minimum absolute atomic E-state index is 0.197. The topological polar surface area (TPSA) is 60.2 Å². The van der Waals surface area contributed by atoms with Gasteiger partial charge in [-0.3, -0.25) is 0 Å². The molecule has 0 bridgehead atoms. The zero-order chi connectivity index (χ0) is 13.1. The van der Waals surface area contributed by atoms with Crippen molar-refractivity contribution in [2.45, 2.75) is 48.6 Å².